The van der Waals surface area contributed by atoms with Gasteiger partial charge in [0.1, 0.15) is 5.75 Å². The summed E-state index contributed by atoms with van der Waals surface area (Å²) in [6.45, 7) is 0. The largest absolute Gasteiger partial charge is 0.497 e. The van der Waals surface area contributed by atoms with E-state index in [4.69, 9.17) is 4.74 Å². The molecule has 0 unspecified atom stereocenters. The van der Waals surface area contributed by atoms with Crippen LogP contribution in [0.5, 0.6) is 5.75 Å². The van der Waals surface area contributed by atoms with Crippen LogP contribution in [0.25, 0.3) is 10.8 Å². The van der Waals surface area contributed by atoms with Gasteiger partial charge in [0.15, 0.2) is 0 Å². The second-order valence-electron chi connectivity index (χ2n) is 4.14. The highest BCUT2D eigenvalue weighted by Gasteiger charge is 2.14. The molecule has 0 fully saturated rings. The second-order valence-corrected chi connectivity index (χ2v) is 4.14. The Hall–Kier alpha value is -2.36. The number of ketones is 1. The summed E-state index contributed by atoms with van der Waals surface area (Å²) in [5.74, 6) is -0.573. The summed E-state index contributed by atoms with van der Waals surface area (Å²) in [6.07, 6.45) is 0.0502. The van der Waals surface area contributed by atoms with Crippen LogP contribution in [0.1, 0.15) is 5.56 Å². The number of carbonyl (C=O) groups excluding carboxylic acids is 2. The van der Waals surface area contributed by atoms with Gasteiger partial charge in [0.2, 0.25) is 5.78 Å². The Kier molecular flexibility index (Phi) is 3.80. The minimum atomic E-state index is -0.810. The van der Waals surface area contributed by atoms with Crippen molar-refractivity contribution in [2.24, 2.45) is 0 Å². The summed E-state index contributed by atoms with van der Waals surface area (Å²) < 4.78 is 9.54. The lowest BCUT2D eigenvalue weighted by Gasteiger charge is -2.05. The Balaban J connectivity index is 2.27. The highest BCUT2D eigenvalue weighted by molar-refractivity contribution is 6.34. The zero-order valence-corrected chi connectivity index (χ0v) is 10.8. The van der Waals surface area contributed by atoms with Crippen molar-refractivity contribution in [1.29, 1.82) is 0 Å². The maximum atomic E-state index is 11.5. The van der Waals surface area contributed by atoms with Gasteiger partial charge < -0.3 is 9.47 Å². The third kappa shape index (κ3) is 2.91. The predicted octanol–water partition coefficient (Wildman–Crippen LogP) is 2.13. The highest BCUT2D eigenvalue weighted by Crippen LogP contribution is 2.22. The van der Waals surface area contributed by atoms with Crippen LogP contribution in [0, 0.1) is 0 Å². The molecule has 4 nitrogen and oxygen atoms in total. The van der Waals surface area contributed by atoms with Crippen LogP contribution in [0.15, 0.2) is 36.4 Å². The molecule has 4 heteroatoms. The number of Topliss-reactive ketones (excluding diaryl/α,β-unsaturated/α-hetero) is 1. The highest BCUT2D eigenvalue weighted by atomic mass is 16.5. The van der Waals surface area contributed by atoms with Gasteiger partial charge >= 0.3 is 5.97 Å². The summed E-state index contributed by atoms with van der Waals surface area (Å²) in [4.78, 5) is 22.6. The van der Waals surface area contributed by atoms with Crippen molar-refractivity contribution in [3.05, 3.63) is 42.0 Å². The second kappa shape index (κ2) is 5.52. The molecule has 0 saturated carbocycles. The number of ether oxygens (including phenoxy) is 2. The maximum absolute atomic E-state index is 11.5. The summed E-state index contributed by atoms with van der Waals surface area (Å²) >= 11 is 0. The monoisotopic (exact) mass is 258 g/mol. The lowest BCUT2D eigenvalue weighted by molar-refractivity contribution is -0.151. The molecule has 0 amide bonds. The Bertz CT molecular complexity index is 631. The lowest BCUT2D eigenvalue weighted by atomic mass is 10.0. The van der Waals surface area contributed by atoms with E-state index in [1.54, 1.807) is 7.11 Å². The van der Waals surface area contributed by atoms with E-state index in [2.05, 4.69) is 4.74 Å². The van der Waals surface area contributed by atoms with Crippen LogP contribution in [0.2, 0.25) is 0 Å². The van der Waals surface area contributed by atoms with E-state index >= 15 is 0 Å². The molecule has 2 aromatic carbocycles. The number of methoxy groups -OCH3 is 2. The van der Waals surface area contributed by atoms with Crippen molar-refractivity contribution in [1.82, 2.24) is 0 Å². The van der Waals surface area contributed by atoms with Crippen molar-refractivity contribution in [3.63, 3.8) is 0 Å². The maximum Gasteiger partial charge on any atom is 0.374 e. The van der Waals surface area contributed by atoms with E-state index in [1.807, 2.05) is 36.4 Å². The standard InChI is InChI=1S/C15H14O4/c1-18-13-6-5-11-7-10(3-4-12(11)9-13)8-14(16)15(17)19-2/h3-7,9H,8H2,1-2H3. The fourth-order valence-corrected chi connectivity index (χ4v) is 1.88. The molecule has 0 heterocycles. The van der Waals surface area contributed by atoms with E-state index in [0.29, 0.717) is 0 Å². The third-order valence-corrected chi connectivity index (χ3v) is 2.89. The number of benzene rings is 2. The number of carbonyl (C=O) groups is 2. The molecule has 0 atom stereocenters. The summed E-state index contributed by atoms with van der Waals surface area (Å²) in [5, 5.41) is 2.02. The average Bonchev–Trinajstić information content (AvgIpc) is 2.45. The van der Waals surface area contributed by atoms with E-state index in [-0.39, 0.29) is 6.42 Å². The Morgan fingerprint density at radius 1 is 1.00 bits per heavy atom. The van der Waals surface area contributed by atoms with Crippen LogP contribution in [0.4, 0.5) is 0 Å². The number of esters is 1. The van der Waals surface area contributed by atoms with E-state index in [9.17, 15) is 9.59 Å². The zero-order chi connectivity index (χ0) is 13.8. The van der Waals surface area contributed by atoms with E-state index < -0.39 is 11.8 Å². The van der Waals surface area contributed by atoms with Gasteiger partial charge in [0.05, 0.1) is 14.2 Å². The van der Waals surface area contributed by atoms with Crippen LogP contribution >= 0.6 is 0 Å². The molecule has 0 aromatic heterocycles. The molecule has 0 spiro atoms. The van der Waals surface area contributed by atoms with Gasteiger partial charge in [-0.15, -0.1) is 0 Å². The number of hydrogen-bond donors (Lipinski definition) is 0. The van der Waals surface area contributed by atoms with Gasteiger partial charge in [-0.2, -0.15) is 0 Å². The van der Waals surface area contributed by atoms with Gasteiger partial charge in [-0.05, 0) is 28.5 Å². The van der Waals surface area contributed by atoms with Crippen molar-refractivity contribution < 1.29 is 19.1 Å². The van der Waals surface area contributed by atoms with Gasteiger partial charge in [-0.25, -0.2) is 4.79 Å². The van der Waals surface area contributed by atoms with E-state index in [1.165, 1.54) is 7.11 Å². The van der Waals surface area contributed by atoms with Crippen LogP contribution < -0.4 is 4.74 Å². The first-order valence-electron chi connectivity index (χ1n) is 5.82. The molecule has 0 saturated heterocycles. The fourth-order valence-electron chi connectivity index (χ4n) is 1.88. The zero-order valence-electron chi connectivity index (χ0n) is 10.8. The number of rotatable bonds is 4. The molecule has 0 radical (unpaired) electrons. The van der Waals surface area contributed by atoms with Crippen LogP contribution in [0.3, 0.4) is 0 Å². The first-order chi connectivity index (χ1) is 9.13. The van der Waals surface area contributed by atoms with Gasteiger partial charge in [-0.1, -0.05) is 24.3 Å². The van der Waals surface area contributed by atoms with Gasteiger partial charge in [0.25, 0.3) is 0 Å². The molecule has 0 bridgehead atoms. The Morgan fingerprint density at radius 2 is 1.68 bits per heavy atom. The Morgan fingerprint density at radius 3 is 2.37 bits per heavy atom. The smallest absolute Gasteiger partial charge is 0.374 e. The fraction of sp³-hybridized carbons (Fsp3) is 0.200. The van der Waals surface area contributed by atoms with Crippen molar-refractivity contribution in [2.75, 3.05) is 14.2 Å². The minimum absolute atomic E-state index is 0.0502. The van der Waals surface area contributed by atoms with Crippen molar-refractivity contribution >= 4 is 22.5 Å². The summed E-state index contributed by atoms with van der Waals surface area (Å²) in [5.41, 5.74) is 0.785. The molecule has 98 valence electrons. The number of hydrogen-bond acceptors (Lipinski definition) is 4. The predicted molar refractivity (Wildman–Crippen MR) is 71.2 cm³/mol. The molecule has 19 heavy (non-hydrogen) atoms. The molecule has 0 aliphatic rings. The average molecular weight is 258 g/mol. The van der Waals surface area contributed by atoms with Crippen LogP contribution in [-0.4, -0.2) is 26.0 Å². The molecule has 0 aliphatic carbocycles. The normalized spacial score (nSPS) is 10.2. The SMILES string of the molecule is COC(=O)C(=O)Cc1ccc2cc(OC)ccc2c1. The third-order valence-electron chi connectivity index (χ3n) is 2.89. The van der Waals surface area contributed by atoms with Gasteiger partial charge in [0, 0.05) is 6.42 Å². The number of fused-ring (bicyclic) bond motifs is 1. The molecular weight excluding hydrogens is 244 g/mol. The molecule has 2 aromatic rings. The molecular formula is C15H14O4. The van der Waals surface area contributed by atoms with Crippen molar-refractivity contribution in [3.8, 4) is 5.75 Å². The molecule has 0 N–H and O–H groups in total. The first kappa shape index (κ1) is 13.1. The van der Waals surface area contributed by atoms with E-state index in [0.717, 1.165) is 22.1 Å². The van der Waals surface area contributed by atoms with Crippen molar-refractivity contribution in [2.45, 2.75) is 6.42 Å². The Labute approximate surface area is 110 Å². The molecule has 2 rings (SSSR count). The minimum Gasteiger partial charge on any atom is -0.497 e. The van der Waals surface area contributed by atoms with Crippen LogP contribution in [-0.2, 0) is 20.7 Å². The first-order valence-corrected chi connectivity index (χ1v) is 5.82. The van der Waals surface area contributed by atoms with Gasteiger partial charge in [-0.3, -0.25) is 4.79 Å². The molecule has 0 aliphatic heterocycles. The lowest BCUT2D eigenvalue weighted by Crippen LogP contribution is -2.17. The topological polar surface area (TPSA) is 52.6 Å². The summed E-state index contributed by atoms with van der Waals surface area (Å²) in [6, 6.07) is 11.3. The quantitative estimate of drug-likeness (QED) is 0.622. The summed E-state index contributed by atoms with van der Waals surface area (Å²) in [7, 11) is 2.82.